The van der Waals surface area contributed by atoms with E-state index in [0.717, 1.165) is 16.7 Å². The van der Waals surface area contributed by atoms with Crippen molar-refractivity contribution < 1.29 is 9.18 Å². The number of hydrogen-bond acceptors (Lipinski definition) is 4. The Kier molecular flexibility index (Phi) is 9.59. The van der Waals surface area contributed by atoms with Crippen LogP contribution >= 0.6 is 36.4 Å². The van der Waals surface area contributed by atoms with Crippen molar-refractivity contribution in [1.82, 2.24) is 14.9 Å². The molecule has 0 radical (unpaired) electrons. The van der Waals surface area contributed by atoms with E-state index < -0.39 is 11.6 Å². The van der Waals surface area contributed by atoms with Crippen LogP contribution in [-0.4, -0.2) is 63.8 Å². The number of aromatic nitrogens is 2. The summed E-state index contributed by atoms with van der Waals surface area (Å²) in [6, 6.07) is 14.4. The zero-order valence-electron chi connectivity index (χ0n) is 17.3. The van der Waals surface area contributed by atoms with E-state index in [1.165, 1.54) is 16.9 Å². The number of carbonyl (C=O) groups excluding carboxylic acids is 1. The fraction of sp³-hybridized carbons (Fsp3) is 0.318. The minimum atomic E-state index is -2.02. The molecule has 0 bridgehead atoms. The normalized spacial score (nSPS) is 15.5. The Morgan fingerprint density at radius 1 is 1.03 bits per heavy atom. The number of alkyl halides is 1. The van der Waals surface area contributed by atoms with Gasteiger partial charge in [-0.2, -0.15) is 0 Å². The van der Waals surface area contributed by atoms with E-state index in [1.807, 2.05) is 24.3 Å². The average molecular weight is 562 g/mol. The van der Waals surface area contributed by atoms with E-state index in [1.54, 1.807) is 35.5 Å². The summed E-state index contributed by atoms with van der Waals surface area (Å²) in [7, 11) is 0. The fourth-order valence-corrected chi connectivity index (χ4v) is 4.86. The second kappa shape index (κ2) is 11.5. The minimum absolute atomic E-state index is 0. The molecule has 2 aromatic carbocycles. The van der Waals surface area contributed by atoms with Crippen molar-refractivity contribution in [2.24, 2.45) is 0 Å². The Morgan fingerprint density at radius 2 is 1.69 bits per heavy atom. The molecule has 32 heavy (non-hydrogen) atoms. The molecule has 0 aliphatic carbocycles. The molecular formula is C22H25AsCl3FN4O. The molecule has 1 aromatic heterocycles. The first-order valence-electron chi connectivity index (χ1n) is 9.92. The van der Waals surface area contributed by atoms with Crippen LogP contribution in [0.2, 0.25) is 10.2 Å². The van der Waals surface area contributed by atoms with Gasteiger partial charge in [0, 0.05) is 0 Å². The molecule has 1 saturated heterocycles. The van der Waals surface area contributed by atoms with Crippen molar-refractivity contribution in [1.29, 1.82) is 0 Å². The van der Waals surface area contributed by atoms with Crippen molar-refractivity contribution in [2.75, 3.05) is 31.1 Å². The Balaban J connectivity index is 0.00000181. The molecule has 10 heteroatoms. The van der Waals surface area contributed by atoms with E-state index in [2.05, 4.69) is 14.9 Å². The number of carbonyl (C=O) groups is 1. The van der Waals surface area contributed by atoms with Crippen LogP contribution in [0.5, 0.6) is 0 Å². The fourth-order valence-electron chi connectivity index (χ4n) is 3.90. The summed E-state index contributed by atoms with van der Waals surface area (Å²) in [4.78, 5) is 25.8. The maximum absolute atomic E-state index is 16.0. The van der Waals surface area contributed by atoms with Gasteiger partial charge < -0.3 is 0 Å². The van der Waals surface area contributed by atoms with E-state index in [0.29, 0.717) is 42.0 Å². The molecule has 2 unspecified atom stereocenters. The van der Waals surface area contributed by atoms with Gasteiger partial charge in [-0.1, -0.05) is 6.07 Å². The first kappa shape index (κ1) is 26.7. The first-order chi connectivity index (χ1) is 14.5. The number of para-hydroxylation sites is 1. The molecule has 1 fully saturated rings. The third kappa shape index (κ3) is 5.31. The van der Waals surface area contributed by atoms with Crippen molar-refractivity contribution in [2.45, 2.75) is 17.3 Å². The molecule has 1 aliphatic heterocycles. The summed E-state index contributed by atoms with van der Waals surface area (Å²) in [5.74, 6) is 0.392. The summed E-state index contributed by atoms with van der Waals surface area (Å²) in [6.07, 6.45) is 1.73. The Labute approximate surface area is 213 Å². The quantitative estimate of drug-likeness (QED) is 0.441. The predicted octanol–water partition coefficient (Wildman–Crippen LogP) is 4.08. The van der Waals surface area contributed by atoms with Gasteiger partial charge in [0.15, 0.2) is 0 Å². The molecular weight excluding hydrogens is 537 g/mol. The van der Waals surface area contributed by atoms with Crippen molar-refractivity contribution in [3.8, 4) is 0 Å². The molecule has 1 amide bonds. The summed E-state index contributed by atoms with van der Waals surface area (Å²) >= 11 is 7.37. The zero-order chi connectivity index (χ0) is 21.1. The number of nitrogens with zero attached hydrogens (tertiary/aromatic N) is 4. The Hall–Kier alpha value is -1.59. The molecule has 2 heterocycles. The van der Waals surface area contributed by atoms with E-state index in [9.17, 15) is 4.79 Å². The van der Waals surface area contributed by atoms with Gasteiger partial charge in [0.2, 0.25) is 0 Å². The summed E-state index contributed by atoms with van der Waals surface area (Å²) in [5, 5.41) is 2.14. The van der Waals surface area contributed by atoms with Crippen LogP contribution in [0.4, 0.5) is 10.2 Å². The average Bonchev–Trinajstić information content (AvgIpc) is 2.79. The molecule has 172 valence electrons. The van der Waals surface area contributed by atoms with Gasteiger partial charge in [0.05, 0.1) is 0 Å². The third-order valence-corrected chi connectivity index (χ3v) is 6.38. The second-order valence-electron chi connectivity index (χ2n) is 7.34. The second-order valence-corrected chi connectivity index (χ2v) is 8.99. The summed E-state index contributed by atoms with van der Waals surface area (Å²) in [6.45, 7) is 2.09. The molecule has 1 aliphatic rings. The van der Waals surface area contributed by atoms with Crippen LogP contribution < -0.4 is 4.90 Å². The van der Waals surface area contributed by atoms with Gasteiger partial charge in [-0.25, -0.2) is 0 Å². The number of rotatable bonds is 5. The Bertz CT molecular complexity index is 1050. The van der Waals surface area contributed by atoms with Crippen molar-refractivity contribution in [3.63, 3.8) is 0 Å². The van der Waals surface area contributed by atoms with Crippen LogP contribution in [-0.2, 0) is 10.5 Å². The topological polar surface area (TPSA) is 49.3 Å². The summed E-state index contributed by atoms with van der Waals surface area (Å²) < 4.78 is 16.0. The van der Waals surface area contributed by atoms with Crippen LogP contribution in [0, 0.1) is 0 Å². The number of benzene rings is 2. The van der Waals surface area contributed by atoms with Gasteiger partial charge in [-0.05, 0) is 0 Å². The van der Waals surface area contributed by atoms with Gasteiger partial charge in [0.1, 0.15) is 0 Å². The standard InChI is InChI=1S/C22H23AsClFN4O.2ClH/c23-10-9-22(25,16-5-7-17(24)8-6-16)21(30)29-13-11-28(12-14-29)20-18-3-1-2-4-19(18)26-15-27-20;;/h1-8,15H,9-14,23H2;2*1H. The number of anilines is 1. The van der Waals surface area contributed by atoms with Crippen LogP contribution in [0.1, 0.15) is 12.0 Å². The molecule has 2 atom stereocenters. The molecule has 0 spiro atoms. The van der Waals surface area contributed by atoms with Crippen LogP contribution in [0.3, 0.4) is 0 Å². The number of halogens is 4. The first-order valence-corrected chi connectivity index (χ1v) is 12.0. The van der Waals surface area contributed by atoms with E-state index in [4.69, 9.17) is 11.6 Å². The monoisotopic (exact) mass is 560 g/mol. The van der Waals surface area contributed by atoms with E-state index >= 15 is 4.39 Å². The Morgan fingerprint density at radius 3 is 2.34 bits per heavy atom. The van der Waals surface area contributed by atoms with Gasteiger partial charge in [0.25, 0.3) is 0 Å². The number of amides is 1. The summed E-state index contributed by atoms with van der Waals surface area (Å²) in [5.41, 5.74) is -0.764. The van der Waals surface area contributed by atoms with E-state index in [-0.39, 0.29) is 31.2 Å². The van der Waals surface area contributed by atoms with Crippen molar-refractivity contribution >= 4 is 75.9 Å². The molecule has 4 rings (SSSR count). The number of fused-ring (bicyclic) bond motifs is 1. The van der Waals surface area contributed by atoms with Gasteiger partial charge in [-0.3, -0.25) is 0 Å². The zero-order valence-corrected chi connectivity index (χ0v) is 22.1. The SMILES string of the molecule is Cl.Cl.O=C(N1CCN(c2ncnc3ccccc23)CC1)C(F)(CC[AsH2])c1ccc(Cl)cc1. The number of piperazine rings is 1. The van der Waals surface area contributed by atoms with Gasteiger partial charge >= 0.3 is 183 Å². The molecule has 0 saturated carbocycles. The van der Waals surface area contributed by atoms with Crippen LogP contribution in [0.15, 0.2) is 54.9 Å². The van der Waals surface area contributed by atoms with Crippen LogP contribution in [0.25, 0.3) is 10.9 Å². The van der Waals surface area contributed by atoms with Crippen molar-refractivity contribution in [3.05, 3.63) is 65.4 Å². The molecule has 3 aromatic rings. The predicted molar refractivity (Wildman–Crippen MR) is 135 cm³/mol. The maximum atomic E-state index is 16.0. The van der Waals surface area contributed by atoms with Gasteiger partial charge in [-0.15, -0.1) is 24.8 Å². The molecule has 0 N–H and O–H groups in total. The third-order valence-electron chi connectivity index (χ3n) is 5.52. The number of hydrogen-bond donors (Lipinski definition) is 0. The molecule has 5 nitrogen and oxygen atoms in total.